The fourth-order valence-corrected chi connectivity index (χ4v) is 3.02. The Labute approximate surface area is 115 Å². The van der Waals surface area contributed by atoms with Gasteiger partial charge in [-0.25, -0.2) is 8.42 Å². The van der Waals surface area contributed by atoms with E-state index in [-0.39, 0.29) is 5.75 Å². The van der Waals surface area contributed by atoms with Gasteiger partial charge >= 0.3 is 0 Å². The van der Waals surface area contributed by atoms with Crippen LogP contribution in [0, 0.1) is 0 Å². The summed E-state index contributed by atoms with van der Waals surface area (Å²) < 4.78 is 23.9. The van der Waals surface area contributed by atoms with E-state index < -0.39 is 9.84 Å². The molecule has 0 unspecified atom stereocenters. The zero-order valence-corrected chi connectivity index (χ0v) is 12.2. The molecule has 0 heterocycles. The maximum absolute atomic E-state index is 12.0. The second-order valence-corrected chi connectivity index (χ2v) is 7.15. The average Bonchev–Trinajstić information content (AvgIpc) is 3.23. The lowest BCUT2D eigenvalue weighted by molar-refractivity contribution is 0.597. The molecule has 1 aliphatic carbocycles. The number of para-hydroxylation sites is 1. The van der Waals surface area contributed by atoms with E-state index in [0.29, 0.717) is 4.90 Å². The Morgan fingerprint density at radius 3 is 2.63 bits per heavy atom. The molecule has 0 aliphatic heterocycles. The molecule has 2 rings (SSSR count). The van der Waals surface area contributed by atoms with Crippen LogP contribution in [0.5, 0.6) is 0 Å². The molecule has 4 nitrogen and oxygen atoms in total. The number of rotatable bonds is 8. The summed E-state index contributed by atoms with van der Waals surface area (Å²) in [5, 5.41) is 6.67. The van der Waals surface area contributed by atoms with Crippen molar-refractivity contribution in [3.8, 4) is 0 Å². The van der Waals surface area contributed by atoms with Crippen molar-refractivity contribution in [2.45, 2.75) is 37.1 Å². The fraction of sp³-hybridized carbons (Fsp3) is 0.571. The molecular weight excluding hydrogens is 260 g/mol. The van der Waals surface area contributed by atoms with E-state index >= 15 is 0 Å². The quantitative estimate of drug-likeness (QED) is 0.716. The van der Waals surface area contributed by atoms with Crippen LogP contribution in [0.25, 0.3) is 0 Å². The first-order chi connectivity index (χ1) is 9.13. The number of anilines is 1. The van der Waals surface area contributed by atoms with Crippen LogP contribution in [-0.2, 0) is 9.84 Å². The van der Waals surface area contributed by atoms with Crippen LogP contribution in [-0.4, -0.2) is 33.3 Å². The summed E-state index contributed by atoms with van der Waals surface area (Å²) in [5.74, 6) is 0.134. The minimum atomic E-state index is -3.15. The number of benzene rings is 1. The first-order valence-corrected chi connectivity index (χ1v) is 8.58. The molecule has 1 aliphatic rings. The maximum Gasteiger partial charge on any atom is 0.180 e. The predicted molar refractivity (Wildman–Crippen MR) is 78.3 cm³/mol. The molecule has 0 saturated heterocycles. The molecule has 0 radical (unpaired) electrons. The Balaban J connectivity index is 1.88. The Bertz CT molecular complexity index is 510. The first kappa shape index (κ1) is 14.3. The Morgan fingerprint density at radius 2 is 1.95 bits per heavy atom. The topological polar surface area (TPSA) is 58.2 Å². The van der Waals surface area contributed by atoms with Gasteiger partial charge in [-0.1, -0.05) is 19.1 Å². The second kappa shape index (κ2) is 6.39. The van der Waals surface area contributed by atoms with Crippen molar-refractivity contribution in [2.24, 2.45) is 0 Å². The summed E-state index contributed by atoms with van der Waals surface area (Å²) in [7, 11) is -3.15. The first-order valence-electron chi connectivity index (χ1n) is 6.92. The molecule has 1 aromatic carbocycles. The lowest BCUT2D eigenvalue weighted by atomic mass is 10.3. The monoisotopic (exact) mass is 282 g/mol. The highest BCUT2D eigenvalue weighted by Crippen LogP contribution is 2.22. The molecule has 0 aromatic heterocycles. The Morgan fingerprint density at radius 1 is 1.21 bits per heavy atom. The van der Waals surface area contributed by atoms with E-state index in [0.717, 1.165) is 31.2 Å². The highest BCUT2D eigenvalue weighted by molar-refractivity contribution is 7.91. The largest absolute Gasteiger partial charge is 0.384 e. The van der Waals surface area contributed by atoms with Gasteiger partial charge in [0.05, 0.1) is 16.3 Å². The second-order valence-electron chi connectivity index (χ2n) is 4.91. The van der Waals surface area contributed by atoms with Gasteiger partial charge in [0.2, 0.25) is 0 Å². The van der Waals surface area contributed by atoms with Gasteiger partial charge in [0.1, 0.15) is 0 Å². The van der Waals surface area contributed by atoms with Crippen molar-refractivity contribution in [1.29, 1.82) is 0 Å². The molecule has 2 N–H and O–H groups in total. The van der Waals surface area contributed by atoms with Crippen LogP contribution in [0.4, 0.5) is 5.69 Å². The van der Waals surface area contributed by atoms with Crippen LogP contribution < -0.4 is 10.6 Å². The smallest absolute Gasteiger partial charge is 0.180 e. The van der Waals surface area contributed by atoms with Crippen molar-refractivity contribution in [3.05, 3.63) is 24.3 Å². The molecule has 106 valence electrons. The van der Waals surface area contributed by atoms with Crippen molar-refractivity contribution in [3.63, 3.8) is 0 Å². The lowest BCUT2D eigenvalue weighted by Crippen LogP contribution is -2.20. The van der Waals surface area contributed by atoms with Crippen LogP contribution >= 0.6 is 0 Å². The summed E-state index contributed by atoms with van der Waals surface area (Å²) in [6.45, 7) is 3.45. The van der Waals surface area contributed by atoms with Gasteiger partial charge < -0.3 is 10.6 Å². The van der Waals surface area contributed by atoms with Crippen LogP contribution in [0.3, 0.4) is 0 Å². The number of sulfone groups is 1. The van der Waals surface area contributed by atoms with Crippen molar-refractivity contribution >= 4 is 15.5 Å². The molecule has 0 bridgehead atoms. The molecule has 1 aromatic rings. The minimum Gasteiger partial charge on any atom is -0.384 e. The minimum absolute atomic E-state index is 0.134. The average molecular weight is 282 g/mol. The van der Waals surface area contributed by atoms with Gasteiger partial charge in [-0.05, 0) is 37.9 Å². The molecule has 1 saturated carbocycles. The van der Waals surface area contributed by atoms with Gasteiger partial charge in [-0.2, -0.15) is 0 Å². The molecule has 0 amide bonds. The van der Waals surface area contributed by atoms with Crippen LogP contribution in [0.1, 0.15) is 26.2 Å². The van der Waals surface area contributed by atoms with E-state index in [4.69, 9.17) is 0 Å². The van der Waals surface area contributed by atoms with E-state index in [2.05, 4.69) is 10.6 Å². The van der Waals surface area contributed by atoms with Crippen molar-refractivity contribution in [1.82, 2.24) is 5.32 Å². The van der Waals surface area contributed by atoms with E-state index in [9.17, 15) is 8.42 Å². The van der Waals surface area contributed by atoms with Crippen LogP contribution in [0.15, 0.2) is 29.2 Å². The SMILES string of the molecule is CCS(=O)(=O)c1ccccc1NCCCNC1CC1. The lowest BCUT2D eigenvalue weighted by Gasteiger charge is -2.11. The molecule has 0 atom stereocenters. The molecule has 5 heteroatoms. The zero-order valence-electron chi connectivity index (χ0n) is 11.4. The number of hydrogen-bond acceptors (Lipinski definition) is 4. The van der Waals surface area contributed by atoms with Crippen molar-refractivity contribution < 1.29 is 8.42 Å². The van der Waals surface area contributed by atoms with Gasteiger partial charge in [0.15, 0.2) is 9.84 Å². The highest BCUT2D eigenvalue weighted by atomic mass is 32.2. The molecule has 0 spiro atoms. The summed E-state index contributed by atoms with van der Waals surface area (Å²) in [4.78, 5) is 0.410. The fourth-order valence-electron chi connectivity index (χ4n) is 1.94. The normalized spacial score (nSPS) is 15.4. The van der Waals surface area contributed by atoms with Gasteiger partial charge in [-0.3, -0.25) is 0 Å². The standard InChI is InChI=1S/C14H22N2O2S/c1-2-19(17,18)14-7-4-3-6-13(14)16-11-5-10-15-12-8-9-12/h3-4,6-7,12,15-16H,2,5,8-11H2,1H3. The number of nitrogens with one attached hydrogen (secondary N) is 2. The van der Waals surface area contributed by atoms with Gasteiger partial charge in [-0.15, -0.1) is 0 Å². The third-order valence-electron chi connectivity index (χ3n) is 3.28. The van der Waals surface area contributed by atoms with E-state index in [1.807, 2.05) is 12.1 Å². The van der Waals surface area contributed by atoms with Crippen molar-refractivity contribution in [2.75, 3.05) is 24.2 Å². The maximum atomic E-state index is 12.0. The van der Waals surface area contributed by atoms with Gasteiger partial charge in [0, 0.05) is 12.6 Å². The van der Waals surface area contributed by atoms with E-state index in [1.165, 1.54) is 12.8 Å². The van der Waals surface area contributed by atoms with Gasteiger partial charge in [0.25, 0.3) is 0 Å². The summed E-state index contributed by atoms with van der Waals surface area (Å²) in [6.07, 6.45) is 3.59. The highest BCUT2D eigenvalue weighted by Gasteiger charge is 2.19. The van der Waals surface area contributed by atoms with Crippen LogP contribution in [0.2, 0.25) is 0 Å². The molecule has 1 fully saturated rings. The number of hydrogen-bond donors (Lipinski definition) is 2. The zero-order chi connectivity index (χ0) is 13.7. The third-order valence-corrected chi connectivity index (χ3v) is 5.07. The summed E-state index contributed by atoms with van der Waals surface area (Å²) >= 11 is 0. The molecule has 19 heavy (non-hydrogen) atoms. The predicted octanol–water partition coefficient (Wildman–Crippen LogP) is 2.03. The molecular formula is C14H22N2O2S. The Kier molecular flexibility index (Phi) is 4.82. The Hall–Kier alpha value is -1.07. The summed E-state index contributed by atoms with van der Waals surface area (Å²) in [5.41, 5.74) is 0.718. The third kappa shape index (κ3) is 4.21. The summed E-state index contributed by atoms with van der Waals surface area (Å²) in [6, 6.07) is 7.86. The van der Waals surface area contributed by atoms with E-state index in [1.54, 1.807) is 19.1 Å².